The molecule has 0 bridgehead atoms. The van der Waals surface area contributed by atoms with Gasteiger partial charge in [-0.1, -0.05) is 35.5 Å². The van der Waals surface area contributed by atoms with Crippen LogP contribution in [-0.2, 0) is 13.0 Å². The van der Waals surface area contributed by atoms with E-state index >= 15 is 0 Å². The molecule has 0 saturated heterocycles. The van der Waals surface area contributed by atoms with E-state index in [4.69, 9.17) is 4.52 Å². The van der Waals surface area contributed by atoms with Crippen LogP contribution < -0.4 is 0 Å². The van der Waals surface area contributed by atoms with E-state index in [1.165, 1.54) is 11.1 Å². The van der Waals surface area contributed by atoms with Crippen LogP contribution in [0, 0.1) is 0 Å². The molecule has 0 spiro atoms. The fourth-order valence-electron chi connectivity index (χ4n) is 3.14. The van der Waals surface area contributed by atoms with Gasteiger partial charge < -0.3 is 4.52 Å². The van der Waals surface area contributed by atoms with E-state index in [-0.39, 0.29) is 0 Å². The fraction of sp³-hybridized carbons (Fsp3) is 0.294. The number of nitrogens with zero attached hydrogens (tertiary/aromatic N) is 3. The Bertz CT molecular complexity index is 766. The van der Waals surface area contributed by atoms with Gasteiger partial charge in [-0.15, -0.1) is 11.3 Å². The molecule has 2 aromatic heterocycles. The lowest BCUT2D eigenvalue weighted by molar-refractivity contribution is 0.204. The lowest BCUT2D eigenvalue weighted by atomic mass is 10.1. The molecule has 0 saturated carbocycles. The highest BCUT2D eigenvalue weighted by Gasteiger charge is 2.26. The normalized spacial score (nSPS) is 17.1. The zero-order chi connectivity index (χ0) is 14.9. The number of fused-ring (bicyclic) bond motifs is 1. The first-order valence-corrected chi connectivity index (χ1v) is 8.34. The van der Waals surface area contributed by atoms with Crippen molar-refractivity contribution >= 4 is 11.3 Å². The molecule has 5 heteroatoms. The molecule has 0 fully saturated rings. The fourth-order valence-corrected chi connectivity index (χ4v) is 3.79. The number of aryl methyl sites for hydroxylation is 1. The lowest BCUT2D eigenvalue weighted by Gasteiger charge is -2.23. The summed E-state index contributed by atoms with van der Waals surface area (Å²) < 4.78 is 5.41. The Hall–Kier alpha value is -1.98. The minimum absolute atomic E-state index is 0.438. The molecule has 1 unspecified atom stereocenters. The van der Waals surface area contributed by atoms with Crippen LogP contribution in [0.1, 0.15) is 29.5 Å². The summed E-state index contributed by atoms with van der Waals surface area (Å²) >= 11 is 1.63. The molecule has 4 nitrogen and oxygen atoms in total. The van der Waals surface area contributed by atoms with E-state index in [1.807, 2.05) is 17.5 Å². The summed E-state index contributed by atoms with van der Waals surface area (Å²) in [5.41, 5.74) is 2.90. The van der Waals surface area contributed by atoms with Gasteiger partial charge in [0, 0.05) is 6.04 Å². The molecule has 1 aromatic carbocycles. The monoisotopic (exact) mass is 311 g/mol. The van der Waals surface area contributed by atoms with Gasteiger partial charge >= 0.3 is 0 Å². The van der Waals surface area contributed by atoms with Gasteiger partial charge in [-0.2, -0.15) is 4.98 Å². The van der Waals surface area contributed by atoms with E-state index in [0.29, 0.717) is 24.3 Å². The van der Waals surface area contributed by atoms with Crippen LogP contribution >= 0.6 is 11.3 Å². The Balaban J connectivity index is 1.50. The molecule has 1 atom stereocenters. The summed E-state index contributed by atoms with van der Waals surface area (Å²) in [6, 6.07) is 13.1. The third-order valence-electron chi connectivity index (χ3n) is 4.23. The van der Waals surface area contributed by atoms with Crippen molar-refractivity contribution in [3.8, 4) is 10.7 Å². The van der Waals surface area contributed by atoms with Gasteiger partial charge in [-0.05, 0) is 42.5 Å². The van der Waals surface area contributed by atoms with Gasteiger partial charge in [0.2, 0.25) is 11.7 Å². The molecular weight excluding hydrogens is 294 g/mol. The summed E-state index contributed by atoms with van der Waals surface area (Å²) in [4.78, 5) is 7.86. The summed E-state index contributed by atoms with van der Waals surface area (Å²) in [6.07, 6.45) is 2.30. The second kappa shape index (κ2) is 5.66. The summed E-state index contributed by atoms with van der Waals surface area (Å²) in [5.74, 6) is 1.36. The van der Waals surface area contributed by atoms with Crippen LogP contribution in [0.4, 0.5) is 0 Å². The summed E-state index contributed by atoms with van der Waals surface area (Å²) in [5, 5.41) is 6.10. The van der Waals surface area contributed by atoms with Gasteiger partial charge in [0.05, 0.1) is 11.4 Å². The average Bonchev–Trinajstić information content (AvgIpc) is 3.27. The van der Waals surface area contributed by atoms with Crippen molar-refractivity contribution in [3.05, 3.63) is 58.8 Å². The van der Waals surface area contributed by atoms with E-state index in [9.17, 15) is 0 Å². The Morgan fingerprint density at radius 3 is 3.05 bits per heavy atom. The quantitative estimate of drug-likeness (QED) is 0.732. The van der Waals surface area contributed by atoms with Crippen LogP contribution in [0.5, 0.6) is 0 Å². The molecule has 0 aliphatic heterocycles. The number of rotatable bonds is 4. The van der Waals surface area contributed by atoms with Gasteiger partial charge in [-0.25, -0.2) is 0 Å². The number of hydrogen-bond acceptors (Lipinski definition) is 5. The van der Waals surface area contributed by atoms with Gasteiger partial charge in [0.25, 0.3) is 0 Å². The van der Waals surface area contributed by atoms with Gasteiger partial charge in [0.15, 0.2) is 0 Å². The minimum atomic E-state index is 0.438. The molecule has 0 amide bonds. The molecular formula is C17H17N3OS. The van der Waals surface area contributed by atoms with E-state index in [2.05, 4.69) is 46.4 Å². The molecule has 1 aliphatic rings. The third kappa shape index (κ3) is 2.46. The maximum absolute atomic E-state index is 5.41. The van der Waals surface area contributed by atoms with Crippen molar-refractivity contribution in [1.82, 2.24) is 15.0 Å². The van der Waals surface area contributed by atoms with E-state index in [1.54, 1.807) is 11.3 Å². The first-order chi connectivity index (χ1) is 10.8. The second-order valence-corrected chi connectivity index (χ2v) is 6.61. The highest BCUT2D eigenvalue weighted by atomic mass is 32.1. The maximum Gasteiger partial charge on any atom is 0.241 e. The summed E-state index contributed by atoms with van der Waals surface area (Å²) in [7, 11) is 2.13. The van der Waals surface area contributed by atoms with Crippen molar-refractivity contribution < 1.29 is 4.52 Å². The summed E-state index contributed by atoms with van der Waals surface area (Å²) in [6.45, 7) is 0.678. The SMILES string of the molecule is CN(Cc1nc(-c2cccs2)no1)C1CCc2ccccc21. The van der Waals surface area contributed by atoms with Crippen molar-refractivity contribution in [1.29, 1.82) is 0 Å². The smallest absolute Gasteiger partial charge is 0.241 e. The first-order valence-electron chi connectivity index (χ1n) is 7.46. The van der Waals surface area contributed by atoms with E-state index < -0.39 is 0 Å². The van der Waals surface area contributed by atoms with Crippen LogP contribution in [0.2, 0.25) is 0 Å². The molecule has 112 valence electrons. The molecule has 2 heterocycles. The predicted octanol–water partition coefficient (Wildman–Crippen LogP) is 3.92. The average molecular weight is 311 g/mol. The molecule has 4 rings (SSSR count). The Morgan fingerprint density at radius 1 is 1.27 bits per heavy atom. The van der Waals surface area contributed by atoms with Crippen molar-refractivity contribution in [3.63, 3.8) is 0 Å². The number of thiophene rings is 1. The second-order valence-electron chi connectivity index (χ2n) is 5.66. The largest absolute Gasteiger partial charge is 0.338 e. The lowest BCUT2D eigenvalue weighted by Crippen LogP contribution is -2.22. The van der Waals surface area contributed by atoms with Gasteiger partial charge in [0.1, 0.15) is 0 Å². The molecule has 3 aromatic rings. The highest BCUT2D eigenvalue weighted by molar-refractivity contribution is 7.13. The molecule has 0 radical (unpaired) electrons. The minimum Gasteiger partial charge on any atom is -0.338 e. The Kier molecular flexibility index (Phi) is 3.52. The zero-order valence-electron chi connectivity index (χ0n) is 12.4. The standard InChI is InChI=1S/C17H17N3OS/c1-20(14-9-8-12-5-2-3-6-13(12)14)11-16-18-17(19-21-16)15-7-4-10-22-15/h2-7,10,14H,8-9,11H2,1H3. The zero-order valence-corrected chi connectivity index (χ0v) is 13.2. The van der Waals surface area contributed by atoms with Gasteiger partial charge in [-0.3, -0.25) is 4.90 Å². The number of benzene rings is 1. The van der Waals surface area contributed by atoms with Crippen LogP contribution in [-0.4, -0.2) is 22.1 Å². The maximum atomic E-state index is 5.41. The highest BCUT2D eigenvalue weighted by Crippen LogP contribution is 2.35. The van der Waals surface area contributed by atoms with Crippen LogP contribution in [0.15, 0.2) is 46.3 Å². The third-order valence-corrected chi connectivity index (χ3v) is 5.09. The number of hydrogen-bond donors (Lipinski definition) is 0. The Morgan fingerprint density at radius 2 is 2.18 bits per heavy atom. The van der Waals surface area contributed by atoms with Crippen molar-refractivity contribution in [2.24, 2.45) is 0 Å². The Labute approximate surface area is 133 Å². The molecule has 22 heavy (non-hydrogen) atoms. The van der Waals surface area contributed by atoms with Crippen molar-refractivity contribution in [2.45, 2.75) is 25.4 Å². The molecule has 0 N–H and O–H groups in total. The first kappa shape index (κ1) is 13.7. The van der Waals surface area contributed by atoms with Crippen molar-refractivity contribution in [2.75, 3.05) is 7.05 Å². The van der Waals surface area contributed by atoms with Crippen LogP contribution in [0.25, 0.3) is 10.7 Å². The van der Waals surface area contributed by atoms with E-state index in [0.717, 1.165) is 17.7 Å². The van der Waals surface area contributed by atoms with Crippen LogP contribution in [0.3, 0.4) is 0 Å². The topological polar surface area (TPSA) is 42.2 Å². The predicted molar refractivity (Wildman–Crippen MR) is 86.6 cm³/mol. The molecule has 1 aliphatic carbocycles. The number of aromatic nitrogens is 2.